The number of nitrogens with zero attached hydrogens (tertiary/aromatic N) is 2. The van der Waals surface area contributed by atoms with Crippen molar-refractivity contribution in [2.45, 2.75) is 13.8 Å². The van der Waals surface area contributed by atoms with Crippen LogP contribution in [0.4, 0.5) is 0 Å². The van der Waals surface area contributed by atoms with Crippen LogP contribution in [0.15, 0.2) is 36.7 Å². The number of rotatable bonds is 2. The van der Waals surface area contributed by atoms with Crippen LogP contribution in [0, 0.1) is 13.8 Å². The summed E-state index contributed by atoms with van der Waals surface area (Å²) in [5.41, 5.74) is 2.91. The van der Waals surface area contributed by atoms with E-state index in [0.29, 0.717) is 11.4 Å². The highest BCUT2D eigenvalue weighted by Gasteiger charge is 2.04. The zero-order chi connectivity index (χ0) is 15.0. The molecule has 5 nitrogen and oxygen atoms in total. The van der Waals surface area contributed by atoms with Crippen molar-refractivity contribution in [3.8, 4) is 0 Å². The molecule has 0 saturated carbocycles. The number of aromatic nitrogens is 2. The Bertz CT molecular complexity index is 597. The number of carbonyl (C=O) groups is 2. The first-order valence-corrected chi connectivity index (χ1v) is 5.95. The summed E-state index contributed by atoms with van der Waals surface area (Å²) in [5.74, 6) is -0.395. The predicted octanol–water partition coefficient (Wildman–Crippen LogP) is 2.38. The minimum atomic E-state index is -0.395. The summed E-state index contributed by atoms with van der Waals surface area (Å²) in [6, 6.07) is 7.11. The van der Waals surface area contributed by atoms with E-state index in [4.69, 9.17) is 0 Å². The first kappa shape index (κ1) is 15.5. The van der Waals surface area contributed by atoms with E-state index in [9.17, 15) is 9.59 Å². The van der Waals surface area contributed by atoms with Crippen molar-refractivity contribution < 1.29 is 14.3 Å². The second kappa shape index (κ2) is 7.78. The number of methoxy groups -OCH3 is 1. The van der Waals surface area contributed by atoms with Crippen LogP contribution in [-0.4, -0.2) is 29.3 Å². The number of pyridine rings is 2. The van der Waals surface area contributed by atoms with Gasteiger partial charge < -0.3 is 4.74 Å². The quantitative estimate of drug-likeness (QED) is 0.620. The third-order valence-electron chi connectivity index (χ3n) is 2.37. The minimum Gasteiger partial charge on any atom is -0.464 e. The summed E-state index contributed by atoms with van der Waals surface area (Å²) >= 11 is 0. The van der Waals surface area contributed by atoms with Crippen molar-refractivity contribution in [2.75, 3.05) is 7.11 Å². The van der Waals surface area contributed by atoms with Gasteiger partial charge in [0.25, 0.3) is 0 Å². The fourth-order valence-corrected chi connectivity index (χ4v) is 1.38. The van der Waals surface area contributed by atoms with Gasteiger partial charge in [0.1, 0.15) is 11.4 Å². The molecule has 2 aromatic heterocycles. The molecule has 2 rings (SSSR count). The first-order valence-electron chi connectivity index (χ1n) is 5.95. The Morgan fingerprint density at radius 1 is 1.10 bits per heavy atom. The molecule has 0 N–H and O–H groups in total. The van der Waals surface area contributed by atoms with E-state index in [1.165, 1.54) is 7.11 Å². The highest BCUT2D eigenvalue weighted by Crippen LogP contribution is 2.00. The number of esters is 1. The molecule has 0 radical (unpaired) electrons. The second-order valence-electron chi connectivity index (χ2n) is 4.09. The third kappa shape index (κ3) is 4.97. The Morgan fingerprint density at radius 2 is 1.70 bits per heavy atom. The first-order chi connectivity index (χ1) is 9.56. The highest BCUT2D eigenvalue weighted by atomic mass is 16.5. The van der Waals surface area contributed by atoms with Gasteiger partial charge in [-0.15, -0.1) is 0 Å². The van der Waals surface area contributed by atoms with Crippen LogP contribution in [-0.2, 0) is 4.74 Å². The topological polar surface area (TPSA) is 69.2 Å². The maximum Gasteiger partial charge on any atom is 0.356 e. The summed E-state index contributed by atoms with van der Waals surface area (Å²) < 4.78 is 4.49. The average molecular weight is 272 g/mol. The van der Waals surface area contributed by atoms with Crippen LogP contribution in [0.3, 0.4) is 0 Å². The monoisotopic (exact) mass is 272 g/mol. The maximum absolute atomic E-state index is 10.9. The Morgan fingerprint density at radius 3 is 2.15 bits per heavy atom. The van der Waals surface area contributed by atoms with E-state index < -0.39 is 5.97 Å². The lowest BCUT2D eigenvalue weighted by Crippen LogP contribution is -2.03. The van der Waals surface area contributed by atoms with Gasteiger partial charge in [0.15, 0.2) is 6.29 Å². The normalized spacial score (nSPS) is 9.15. The van der Waals surface area contributed by atoms with E-state index >= 15 is 0 Å². The van der Waals surface area contributed by atoms with E-state index in [0.717, 1.165) is 17.4 Å². The summed E-state index contributed by atoms with van der Waals surface area (Å²) in [5, 5.41) is 0. The van der Waals surface area contributed by atoms with Gasteiger partial charge in [-0.25, -0.2) is 9.78 Å². The molecule has 0 bridgehead atoms. The summed E-state index contributed by atoms with van der Waals surface area (Å²) in [6.07, 6.45) is 3.95. The molecule has 2 aromatic rings. The van der Waals surface area contributed by atoms with Crippen molar-refractivity contribution in [1.29, 1.82) is 0 Å². The summed E-state index contributed by atoms with van der Waals surface area (Å²) in [7, 11) is 1.34. The van der Waals surface area contributed by atoms with Gasteiger partial charge in [-0.1, -0.05) is 0 Å². The second-order valence-corrected chi connectivity index (χ2v) is 4.09. The van der Waals surface area contributed by atoms with Gasteiger partial charge in [0.05, 0.1) is 7.11 Å². The smallest absolute Gasteiger partial charge is 0.356 e. The van der Waals surface area contributed by atoms with Gasteiger partial charge in [0.2, 0.25) is 0 Å². The highest BCUT2D eigenvalue weighted by molar-refractivity contribution is 5.87. The van der Waals surface area contributed by atoms with E-state index in [1.54, 1.807) is 24.5 Å². The van der Waals surface area contributed by atoms with Crippen molar-refractivity contribution >= 4 is 12.3 Å². The molecule has 20 heavy (non-hydrogen) atoms. The van der Waals surface area contributed by atoms with Gasteiger partial charge in [-0.05, 0) is 49.2 Å². The molecular formula is C15H16N2O3. The number of carbonyl (C=O) groups excluding carboxylic acids is 2. The van der Waals surface area contributed by atoms with E-state index in [2.05, 4.69) is 14.7 Å². The molecule has 0 fully saturated rings. The number of aryl methyl sites for hydroxylation is 2. The average Bonchev–Trinajstić information content (AvgIpc) is 2.47. The van der Waals surface area contributed by atoms with Crippen LogP contribution in [0.2, 0.25) is 0 Å². The lowest BCUT2D eigenvalue weighted by molar-refractivity contribution is 0.0594. The van der Waals surface area contributed by atoms with E-state index in [-0.39, 0.29) is 0 Å². The lowest BCUT2D eigenvalue weighted by atomic mass is 10.2. The molecule has 0 spiro atoms. The molecule has 0 atom stereocenters. The van der Waals surface area contributed by atoms with Gasteiger partial charge in [0, 0.05) is 12.4 Å². The molecule has 0 aliphatic rings. The van der Waals surface area contributed by atoms with Crippen LogP contribution in [0.1, 0.15) is 32.1 Å². The van der Waals surface area contributed by atoms with Crippen LogP contribution >= 0.6 is 0 Å². The fraction of sp³-hybridized carbons (Fsp3) is 0.200. The molecule has 0 aromatic carbocycles. The minimum absolute atomic E-state index is 0.354. The van der Waals surface area contributed by atoms with Crippen molar-refractivity contribution in [3.63, 3.8) is 0 Å². The summed E-state index contributed by atoms with van der Waals surface area (Å²) in [6.45, 7) is 3.82. The fourth-order valence-electron chi connectivity index (χ4n) is 1.38. The lowest BCUT2D eigenvalue weighted by Gasteiger charge is -1.97. The molecular weight excluding hydrogens is 256 g/mol. The van der Waals surface area contributed by atoms with Gasteiger partial charge >= 0.3 is 5.97 Å². The number of hydrogen-bond donors (Lipinski definition) is 0. The maximum atomic E-state index is 10.9. The van der Waals surface area contributed by atoms with Crippen molar-refractivity contribution in [1.82, 2.24) is 9.97 Å². The SMILES string of the molecule is COC(=O)c1cc(C)ccn1.Cc1ccnc(C=O)c1. The molecule has 0 aliphatic heterocycles. The molecule has 0 saturated heterocycles. The molecule has 5 heteroatoms. The van der Waals surface area contributed by atoms with Crippen LogP contribution in [0.5, 0.6) is 0 Å². The Kier molecular flexibility index (Phi) is 6.03. The zero-order valence-corrected chi connectivity index (χ0v) is 11.7. The predicted molar refractivity (Wildman–Crippen MR) is 74.7 cm³/mol. The number of aldehydes is 1. The zero-order valence-electron chi connectivity index (χ0n) is 11.7. The molecule has 0 unspecified atom stereocenters. The van der Waals surface area contributed by atoms with Crippen molar-refractivity contribution in [3.05, 3.63) is 59.2 Å². The molecule has 0 amide bonds. The molecule has 104 valence electrons. The Labute approximate surface area is 117 Å². The van der Waals surface area contributed by atoms with E-state index in [1.807, 2.05) is 26.0 Å². The van der Waals surface area contributed by atoms with Crippen molar-refractivity contribution in [2.24, 2.45) is 0 Å². The van der Waals surface area contributed by atoms with Gasteiger partial charge in [-0.3, -0.25) is 9.78 Å². The third-order valence-corrected chi connectivity index (χ3v) is 2.37. The van der Waals surface area contributed by atoms with Crippen LogP contribution in [0.25, 0.3) is 0 Å². The standard InChI is InChI=1S/C8H9NO2.C7H7NO/c1-6-3-4-9-7(5-6)8(10)11-2;1-6-2-3-8-7(4-6)5-9/h3-5H,1-2H3;2-5H,1H3. The molecule has 2 heterocycles. The van der Waals surface area contributed by atoms with Gasteiger partial charge in [-0.2, -0.15) is 0 Å². The Hall–Kier alpha value is -2.56. The number of ether oxygens (including phenoxy) is 1. The Balaban J connectivity index is 0.000000204. The largest absolute Gasteiger partial charge is 0.464 e. The molecule has 0 aliphatic carbocycles. The number of hydrogen-bond acceptors (Lipinski definition) is 5. The summed E-state index contributed by atoms with van der Waals surface area (Å²) in [4.78, 5) is 28.6. The van der Waals surface area contributed by atoms with Crippen LogP contribution < -0.4 is 0 Å².